The molecule has 0 saturated heterocycles. The van der Waals surface area contributed by atoms with Crippen LogP contribution in [0.3, 0.4) is 0 Å². The maximum atomic E-state index is 11.9. The minimum absolute atomic E-state index is 0.149. The van der Waals surface area contributed by atoms with Gasteiger partial charge < -0.3 is 5.11 Å². The number of hydrogen-bond donors (Lipinski definition) is 1. The number of allylic oxidation sites excluding steroid dienone is 1. The number of hydrogen-bond acceptors (Lipinski definition) is 1. The number of carboxylic acid groups (broad SMARTS) is 1. The van der Waals surface area contributed by atoms with E-state index in [0.717, 1.165) is 18.8 Å². The van der Waals surface area contributed by atoms with Crippen molar-refractivity contribution in [3.05, 3.63) is 12.2 Å². The molecule has 0 aromatic heterocycles. The third-order valence-corrected chi connectivity index (χ3v) is 8.06. The van der Waals surface area contributed by atoms with Crippen molar-refractivity contribution >= 4 is 5.97 Å². The summed E-state index contributed by atoms with van der Waals surface area (Å²) in [5, 5.41) is 9.77. The van der Waals surface area contributed by atoms with Crippen LogP contribution in [0.15, 0.2) is 12.2 Å². The second kappa shape index (κ2) is 4.85. The summed E-state index contributed by atoms with van der Waals surface area (Å²) < 4.78 is 0. The second-order valence-corrected chi connectivity index (χ2v) is 9.21. The first-order chi connectivity index (χ1) is 10.2. The molecule has 3 aliphatic carbocycles. The molecule has 1 spiro atoms. The Morgan fingerprint density at radius 1 is 1.36 bits per heavy atom. The van der Waals surface area contributed by atoms with E-state index >= 15 is 0 Å². The second-order valence-electron chi connectivity index (χ2n) is 9.21. The van der Waals surface area contributed by atoms with Gasteiger partial charge in [0.25, 0.3) is 0 Å². The Balaban J connectivity index is 2.00. The number of rotatable bonds is 3. The first-order valence-electron chi connectivity index (χ1n) is 9.08. The first-order valence-corrected chi connectivity index (χ1v) is 9.08. The monoisotopic (exact) mass is 304 g/mol. The lowest BCUT2D eigenvalue weighted by Gasteiger charge is -2.60. The number of carboxylic acids is 1. The smallest absolute Gasteiger partial charge is 0.309 e. The summed E-state index contributed by atoms with van der Waals surface area (Å²) in [6.45, 7) is 12.9. The van der Waals surface area contributed by atoms with Crippen molar-refractivity contribution in [1.29, 1.82) is 0 Å². The van der Waals surface area contributed by atoms with Gasteiger partial charge in [-0.25, -0.2) is 0 Å². The van der Waals surface area contributed by atoms with E-state index < -0.39 is 11.4 Å². The van der Waals surface area contributed by atoms with Gasteiger partial charge in [0.1, 0.15) is 0 Å². The Morgan fingerprint density at radius 3 is 2.64 bits per heavy atom. The molecule has 0 radical (unpaired) electrons. The van der Waals surface area contributed by atoms with Crippen molar-refractivity contribution in [1.82, 2.24) is 0 Å². The van der Waals surface area contributed by atoms with E-state index in [1.54, 1.807) is 0 Å². The average molecular weight is 304 g/mol. The molecule has 2 nitrogen and oxygen atoms in total. The molecule has 2 bridgehead atoms. The Kier molecular flexibility index (Phi) is 3.55. The molecule has 0 aliphatic heterocycles. The van der Waals surface area contributed by atoms with E-state index in [2.05, 4.69) is 20.4 Å². The highest BCUT2D eigenvalue weighted by molar-refractivity contribution is 5.74. The maximum absolute atomic E-state index is 11.9. The van der Waals surface area contributed by atoms with Crippen molar-refractivity contribution in [3.63, 3.8) is 0 Å². The highest BCUT2D eigenvalue weighted by Gasteiger charge is 2.62. The summed E-state index contributed by atoms with van der Waals surface area (Å²) in [4.78, 5) is 11.9. The molecular formula is C20H32O2. The van der Waals surface area contributed by atoms with Crippen molar-refractivity contribution in [2.24, 2.45) is 34.0 Å². The van der Waals surface area contributed by atoms with Gasteiger partial charge >= 0.3 is 5.97 Å². The minimum atomic E-state index is -0.627. The van der Waals surface area contributed by atoms with Crippen LogP contribution in [0.4, 0.5) is 0 Å². The molecule has 5 atom stereocenters. The van der Waals surface area contributed by atoms with Crippen LogP contribution in [-0.2, 0) is 4.79 Å². The zero-order valence-electron chi connectivity index (χ0n) is 14.7. The van der Waals surface area contributed by atoms with E-state index in [4.69, 9.17) is 0 Å². The van der Waals surface area contributed by atoms with E-state index in [0.29, 0.717) is 11.3 Å². The Labute approximate surface area is 135 Å². The molecule has 0 aromatic carbocycles. The number of carbonyl (C=O) groups is 1. The van der Waals surface area contributed by atoms with Crippen LogP contribution in [0, 0.1) is 34.0 Å². The lowest BCUT2D eigenvalue weighted by Crippen LogP contribution is -2.55. The molecule has 22 heavy (non-hydrogen) atoms. The Hall–Kier alpha value is -0.790. The topological polar surface area (TPSA) is 37.3 Å². The molecule has 124 valence electrons. The van der Waals surface area contributed by atoms with Crippen LogP contribution in [0.25, 0.3) is 0 Å². The molecule has 0 heterocycles. The Bertz CT molecular complexity index is 506. The summed E-state index contributed by atoms with van der Waals surface area (Å²) in [5.74, 6) is 1.08. The normalized spacial score (nSPS) is 44.7. The molecule has 2 heteroatoms. The van der Waals surface area contributed by atoms with E-state index in [-0.39, 0.29) is 11.3 Å². The van der Waals surface area contributed by atoms with Gasteiger partial charge in [-0.2, -0.15) is 0 Å². The zero-order valence-corrected chi connectivity index (χ0v) is 14.7. The van der Waals surface area contributed by atoms with E-state index in [9.17, 15) is 9.90 Å². The van der Waals surface area contributed by atoms with Crippen molar-refractivity contribution in [3.8, 4) is 0 Å². The van der Waals surface area contributed by atoms with Crippen LogP contribution in [-0.4, -0.2) is 11.1 Å². The first kappa shape index (κ1) is 16.1. The molecule has 3 fully saturated rings. The van der Waals surface area contributed by atoms with Crippen LogP contribution in [0.2, 0.25) is 0 Å². The van der Waals surface area contributed by atoms with Gasteiger partial charge in [0.05, 0.1) is 5.41 Å². The van der Waals surface area contributed by atoms with Gasteiger partial charge in [-0.1, -0.05) is 32.4 Å². The summed E-state index contributed by atoms with van der Waals surface area (Å²) in [6, 6.07) is 0. The van der Waals surface area contributed by atoms with Crippen LogP contribution < -0.4 is 0 Å². The number of fused-ring (bicyclic) bond motifs is 1. The standard InChI is InChI=1S/C20H32O2/c1-6-19(5)15(18(3,4)17(21)22)9-10-20-11-13(2)14(12-20)7-8-16(19)20/h14-16H,2,6-12H2,1,3-5H3,(H,21,22). The molecule has 3 aliphatic rings. The molecule has 1 N–H and O–H groups in total. The lowest BCUT2D eigenvalue weighted by atomic mass is 9.44. The van der Waals surface area contributed by atoms with Gasteiger partial charge in [0.15, 0.2) is 0 Å². The average Bonchev–Trinajstić information content (AvgIpc) is 2.68. The largest absolute Gasteiger partial charge is 0.481 e. The summed E-state index contributed by atoms with van der Waals surface area (Å²) >= 11 is 0. The minimum Gasteiger partial charge on any atom is -0.481 e. The quantitative estimate of drug-likeness (QED) is 0.720. The predicted octanol–water partition coefficient (Wildman–Crippen LogP) is 5.29. The predicted molar refractivity (Wildman–Crippen MR) is 89.6 cm³/mol. The third kappa shape index (κ3) is 1.95. The number of aliphatic carboxylic acids is 1. The highest BCUT2D eigenvalue weighted by atomic mass is 16.4. The molecule has 0 amide bonds. The fraction of sp³-hybridized carbons (Fsp3) is 0.850. The zero-order chi connectivity index (χ0) is 16.3. The Morgan fingerprint density at radius 2 is 2.05 bits per heavy atom. The van der Waals surface area contributed by atoms with Crippen LogP contribution in [0.1, 0.15) is 72.6 Å². The van der Waals surface area contributed by atoms with Gasteiger partial charge in [0, 0.05) is 0 Å². The lowest BCUT2D eigenvalue weighted by molar-refractivity contribution is -0.167. The molecule has 3 rings (SSSR count). The SMILES string of the molecule is C=C1CC23CCC(C(C)(C)C(=O)O)C(C)(CC)C2CCC1C3. The fourth-order valence-electron chi connectivity index (χ4n) is 6.77. The third-order valence-electron chi connectivity index (χ3n) is 8.06. The van der Waals surface area contributed by atoms with Crippen molar-refractivity contribution < 1.29 is 9.90 Å². The van der Waals surface area contributed by atoms with Gasteiger partial charge in [0.2, 0.25) is 0 Å². The van der Waals surface area contributed by atoms with Gasteiger partial charge in [-0.05, 0) is 81.0 Å². The maximum Gasteiger partial charge on any atom is 0.309 e. The summed E-state index contributed by atoms with van der Waals surface area (Å²) in [5.41, 5.74) is 1.45. The van der Waals surface area contributed by atoms with Crippen LogP contribution >= 0.6 is 0 Å². The van der Waals surface area contributed by atoms with Crippen molar-refractivity contribution in [2.75, 3.05) is 0 Å². The van der Waals surface area contributed by atoms with E-state index in [1.807, 2.05) is 13.8 Å². The molecule has 3 saturated carbocycles. The van der Waals surface area contributed by atoms with Gasteiger partial charge in [-0.3, -0.25) is 4.79 Å². The highest BCUT2D eigenvalue weighted by Crippen LogP contribution is 2.70. The van der Waals surface area contributed by atoms with Crippen molar-refractivity contribution in [2.45, 2.75) is 72.6 Å². The summed E-state index contributed by atoms with van der Waals surface area (Å²) in [6.07, 6.45) is 8.47. The van der Waals surface area contributed by atoms with E-state index in [1.165, 1.54) is 37.7 Å². The summed E-state index contributed by atoms with van der Waals surface area (Å²) in [7, 11) is 0. The van der Waals surface area contributed by atoms with Crippen LogP contribution in [0.5, 0.6) is 0 Å². The fourth-order valence-corrected chi connectivity index (χ4v) is 6.77. The molecular weight excluding hydrogens is 272 g/mol. The molecule has 0 aromatic rings. The van der Waals surface area contributed by atoms with Gasteiger partial charge in [-0.15, -0.1) is 0 Å². The molecule has 5 unspecified atom stereocenters.